The first-order valence-electron chi connectivity index (χ1n) is 12.8. The number of hydrogen-bond acceptors (Lipinski definition) is 7. The summed E-state index contributed by atoms with van der Waals surface area (Å²) in [6.45, 7) is 2.60. The number of halogens is 6. The van der Waals surface area contributed by atoms with Gasteiger partial charge in [0.25, 0.3) is 5.56 Å². The van der Waals surface area contributed by atoms with Gasteiger partial charge in [0.15, 0.2) is 11.3 Å². The van der Waals surface area contributed by atoms with Crippen LogP contribution in [0, 0.1) is 11.8 Å². The number of H-pyrrole nitrogens is 1. The molecule has 0 bridgehead atoms. The number of piperazine rings is 1. The molecule has 2 fully saturated rings. The molecule has 2 aliphatic heterocycles. The summed E-state index contributed by atoms with van der Waals surface area (Å²) in [5, 5.41) is 5.07. The number of aromatic amines is 1. The summed E-state index contributed by atoms with van der Waals surface area (Å²) in [5.41, 5.74) is -3.07. The van der Waals surface area contributed by atoms with Gasteiger partial charge in [-0.15, -0.1) is 0 Å². The summed E-state index contributed by atoms with van der Waals surface area (Å²) in [5.74, 6) is 0.211. The first-order valence-corrected chi connectivity index (χ1v) is 12.8. The van der Waals surface area contributed by atoms with Gasteiger partial charge >= 0.3 is 12.4 Å². The summed E-state index contributed by atoms with van der Waals surface area (Å²) >= 11 is 0. The molecule has 1 N–H and O–H groups in total. The summed E-state index contributed by atoms with van der Waals surface area (Å²) in [4.78, 5) is 32.4. The zero-order valence-corrected chi connectivity index (χ0v) is 21.4. The number of fused-ring (bicyclic) bond motifs is 5. The number of aromatic nitrogens is 3. The van der Waals surface area contributed by atoms with E-state index in [1.807, 2.05) is 4.90 Å². The van der Waals surface area contributed by atoms with Gasteiger partial charge in [-0.05, 0) is 43.2 Å². The molecule has 0 radical (unpaired) electrons. The van der Waals surface area contributed by atoms with Crippen molar-refractivity contribution in [2.45, 2.75) is 50.7 Å². The van der Waals surface area contributed by atoms with Crippen LogP contribution in [0.15, 0.2) is 23.3 Å². The molecule has 4 heterocycles. The Morgan fingerprint density at radius 1 is 1.18 bits per heavy atom. The number of nitrogens with zero attached hydrogens (tertiary/aromatic N) is 4. The fraction of sp³-hybridized carbons (Fsp3) is 0.600. The van der Waals surface area contributed by atoms with E-state index in [-0.39, 0.29) is 43.4 Å². The molecule has 15 heteroatoms. The second-order valence-corrected chi connectivity index (χ2v) is 10.4. The predicted octanol–water partition coefficient (Wildman–Crippen LogP) is 3.29. The van der Waals surface area contributed by atoms with Gasteiger partial charge < -0.3 is 19.3 Å². The van der Waals surface area contributed by atoms with Crippen LogP contribution in [-0.2, 0) is 28.3 Å². The predicted molar refractivity (Wildman–Crippen MR) is 128 cm³/mol. The average Bonchev–Trinajstić information content (AvgIpc) is 3.64. The molecule has 4 atom stereocenters. The van der Waals surface area contributed by atoms with Gasteiger partial charge in [-0.3, -0.25) is 9.59 Å². The van der Waals surface area contributed by atoms with Crippen molar-refractivity contribution >= 4 is 11.7 Å². The number of anilines is 1. The van der Waals surface area contributed by atoms with Crippen molar-refractivity contribution in [2.24, 2.45) is 11.8 Å². The smallest absolute Gasteiger partial charge is 0.425 e. The zero-order chi connectivity index (χ0) is 28.8. The number of rotatable bonds is 7. The van der Waals surface area contributed by atoms with Gasteiger partial charge in [-0.25, -0.2) is 10.1 Å². The third-order valence-electron chi connectivity index (χ3n) is 7.51. The molecule has 0 aromatic carbocycles. The van der Waals surface area contributed by atoms with E-state index in [0.29, 0.717) is 37.4 Å². The van der Waals surface area contributed by atoms with E-state index in [1.54, 1.807) is 10.00 Å². The molecular formula is C25H27F6N5O4. The Balaban J connectivity index is 1.13. The summed E-state index contributed by atoms with van der Waals surface area (Å²) < 4.78 is 89.8. The maximum atomic E-state index is 13.2. The number of carbonyl (C=O) groups excluding carboxylic acids is 1. The molecule has 1 saturated heterocycles. The lowest BCUT2D eigenvalue weighted by atomic mass is 10.1. The van der Waals surface area contributed by atoms with Crippen molar-refractivity contribution in [1.82, 2.24) is 20.1 Å². The fourth-order valence-corrected chi connectivity index (χ4v) is 5.55. The molecule has 2 aromatic rings. The number of amides is 1. The summed E-state index contributed by atoms with van der Waals surface area (Å²) in [6, 6.07) is 1.16. The number of ether oxygens (including phenoxy) is 2. The van der Waals surface area contributed by atoms with E-state index in [0.717, 1.165) is 18.8 Å². The van der Waals surface area contributed by atoms with Gasteiger partial charge in [0, 0.05) is 25.8 Å². The van der Waals surface area contributed by atoms with Crippen molar-refractivity contribution in [1.29, 1.82) is 0 Å². The van der Waals surface area contributed by atoms with Crippen LogP contribution in [0.4, 0.5) is 32.2 Å². The normalized spacial score (nSPS) is 23.0. The molecule has 2 aromatic heterocycles. The van der Waals surface area contributed by atoms with Gasteiger partial charge in [-0.2, -0.15) is 31.4 Å². The van der Waals surface area contributed by atoms with Crippen molar-refractivity contribution < 1.29 is 40.6 Å². The maximum absolute atomic E-state index is 13.2. The molecule has 218 valence electrons. The highest BCUT2D eigenvalue weighted by atomic mass is 19.4. The monoisotopic (exact) mass is 575 g/mol. The number of hydrogen-bond donors (Lipinski definition) is 1. The maximum Gasteiger partial charge on any atom is 0.425 e. The Bertz CT molecular complexity index is 1320. The van der Waals surface area contributed by atoms with E-state index in [9.17, 15) is 35.9 Å². The minimum atomic E-state index is -4.93. The third kappa shape index (κ3) is 5.88. The molecular weight excluding hydrogens is 548 g/mol. The topological polar surface area (TPSA) is 101 Å². The number of pyridine rings is 1. The highest BCUT2D eigenvalue weighted by Gasteiger charge is 2.50. The zero-order valence-electron chi connectivity index (χ0n) is 21.4. The molecule has 1 aliphatic carbocycles. The van der Waals surface area contributed by atoms with E-state index in [1.165, 1.54) is 13.0 Å². The van der Waals surface area contributed by atoms with Gasteiger partial charge in [-0.1, -0.05) is 0 Å². The van der Waals surface area contributed by atoms with Gasteiger partial charge in [0.2, 0.25) is 5.91 Å². The lowest BCUT2D eigenvalue weighted by Gasteiger charge is -2.42. The van der Waals surface area contributed by atoms with Gasteiger partial charge in [0.05, 0.1) is 37.4 Å². The molecule has 9 nitrogen and oxygen atoms in total. The van der Waals surface area contributed by atoms with Crippen LogP contribution in [0.2, 0.25) is 0 Å². The molecule has 4 unspecified atom stereocenters. The average molecular weight is 576 g/mol. The van der Waals surface area contributed by atoms with Crippen LogP contribution in [0.25, 0.3) is 0 Å². The van der Waals surface area contributed by atoms with Crippen molar-refractivity contribution in [2.75, 3.05) is 37.7 Å². The van der Waals surface area contributed by atoms with Crippen LogP contribution in [-0.4, -0.2) is 71.0 Å². The highest BCUT2D eigenvalue weighted by Crippen LogP contribution is 2.51. The molecule has 3 aliphatic rings. The van der Waals surface area contributed by atoms with Gasteiger partial charge in [0.1, 0.15) is 11.9 Å². The summed E-state index contributed by atoms with van der Waals surface area (Å²) in [6.07, 6.45) is -7.15. The molecule has 40 heavy (non-hydrogen) atoms. The molecule has 1 saturated carbocycles. The lowest BCUT2D eigenvalue weighted by molar-refractivity contribution is -0.141. The van der Waals surface area contributed by atoms with Crippen molar-refractivity contribution in [3.8, 4) is 5.75 Å². The Morgan fingerprint density at radius 3 is 2.67 bits per heavy atom. The third-order valence-corrected chi connectivity index (χ3v) is 7.51. The second-order valence-electron chi connectivity index (χ2n) is 10.4. The number of nitrogens with one attached hydrogen (secondary N) is 1. The Kier molecular flexibility index (Phi) is 7.44. The standard InChI is InChI=1S/C25H27F6N5O4/c1-13(40-19-10-33-34-23(38)21(19)25(29,30)31)12-39-5-2-20(37)35-3-4-36-18(11-35)17-8-14(17)6-15-7-16(24(26,27)28)9-32-22(15)36/h7,9-10,13-14,17-18H,2-6,8,11-12H2,1H3,(H,34,38). The first-order chi connectivity index (χ1) is 18.8. The van der Waals surface area contributed by atoms with E-state index in [4.69, 9.17) is 9.47 Å². The quantitative estimate of drug-likeness (QED) is 0.400. The van der Waals surface area contributed by atoms with Crippen LogP contribution in [0.5, 0.6) is 5.75 Å². The Labute approximate surface area is 224 Å². The van der Waals surface area contributed by atoms with Crippen LogP contribution in [0.1, 0.15) is 36.5 Å². The highest BCUT2D eigenvalue weighted by molar-refractivity contribution is 5.76. The van der Waals surface area contributed by atoms with E-state index in [2.05, 4.69) is 10.1 Å². The SMILES string of the molecule is CC(COCCC(=O)N1CCN2c3ncc(C(F)(F)F)cc3CC3CC3C2C1)Oc1cn[nH]c(=O)c1C(F)(F)F. The Hall–Kier alpha value is -3.36. The van der Waals surface area contributed by atoms with Crippen LogP contribution >= 0.6 is 0 Å². The minimum Gasteiger partial charge on any atom is -0.486 e. The largest absolute Gasteiger partial charge is 0.486 e. The second kappa shape index (κ2) is 10.6. The first kappa shape index (κ1) is 28.2. The number of carbonyl (C=O) groups is 1. The van der Waals surface area contributed by atoms with Crippen molar-refractivity contribution in [3.63, 3.8) is 0 Å². The lowest BCUT2D eigenvalue weighted by Crippen LogP contribution is -2.56. The molecule has 1 amide bonds. The van der Waals surface area contributed by atoms with Crippen LogP contribution < -0.4 is 15.2 Å². The van der Waals surface area contributed by atoms with Crippen LogP contribution in [0.3, 0.4) is 0 Å². The van der Waals surface area contributed by atoms with Crippen molar-refractivity contribution in [3.05, 3.63) is 45.5 Å². The number of alkyl halides is 6. The fourth-order valence-electron chi connectivity index (χ4n) is 5.55. The molecule has 0 spiro atoms. The summed E-state index contributed by atoms with van der Waals surface area (Å²) in [7, 11) is 0. The minimum absolute atomic E-state index is 0.00776. The Morgan fingerprint density at radius 2 is 1.95 bits per heavy atom. The van der Waals surface area contributed by atoms with E-state index < -0.39 is 40.9 Å². The van der Waals surface area contributed by atoms with E-state index >= 15 is 0 Å². The molecule has 5 rings (SSSR count).